The van der Waals surface area contributed by atoms with E-state index in [-0.39, 0.29) is 18.0 Å². The Morgan fingerprint density at radius 2 is 1.54 bits per heavy atom. The fraction of sp³-hybridized carbons (Fsp3) is 0.0833. The van der Waals surface area contributed by atoms with E-state index in [0.717, 1.165) is 32.7 Å². The quantitative estimate of drug-likeness (QED) is 0.139. The molecule has 1 heterocycles. The van der Waals surface area contributed by atoms with Gasteiger partial charge in [-0.25, -0.2) is 4.98 Å². The zero-order chi connectivity index (χ0) is 32.2. The summed E-state index contributed by atoms with van der Waals surface area (Å²) in [6, 6.07) is 33.6. The van der Waals surface area contributed by atoms with Crippen molar-refractivity contribution in [3.8, 4) is 5.69 Å². The molecule has 0 saturated carbocycles. The lowest BCUT2D eigenvalue weighted by molar-refractivity contribution is -0.114. The van der Waals surface area contributed by atoms with Gasteiger partial charge in [0.05, 0.1) is 38.9 Å². The van der Waals surface area contributed by atoms with E-state index in [1.54, 1.807) is 28.8 Å². The van der Waals surface area contributed by atoms with Gasteiger partial charge in [0.15, 0.2) is 0 Å². The topological polar surface area (TPSA) is 88.1 Å². The highest BCUT2D eigenvalue weighted by atomic mass is 79.9. The number of halogens is 3. The first-order chi connectivity index (χ1) is 22.3. The van der Waals surface area contributed by atoms with Crippen LogP contribution in [0.2, 0.25) is 10.0 Å². The molecule has 0 aliphatic carbocycles. The zero-order valence-electron chi connectivity index (χ0n) is 24.7. The lowest BCUT2D eigenvalue weighted by Gasteiger charge is -2.18. The van der Waals surface area contributed by atoms with E-state index >= 15 is 0 Å². The second-order valence-electron chi connectivity index (χ2n) is 10.6. The van der Waals surface area contributed by atoms with Crippen molar-refractivity contribution < 1.29 is 4.79 Å². The van der Waals surface area contributed by atoms with E-state index in [4.69, 9.17) is 28.2 Å². The number of nitrogens with zero attached hydrogens (tertiary/aromatic N) is 2. The van der Waals surface area contributed by atoms with Crippen molar-refractivity contribution in [3.05, 3.63) is 151 Å². The molecule has 0 aliphatic rings. The van der Waals surface area contributed by atoms with Gasteiger partial charge in [-0.3, -0.25) is 14.2 Å². The fourth-order valence-corrected chi connectivity index (χ4v) is 5.98. The SMILES string of the molecule is Cc1ccccc1NC(=O)CNc1ccc(-n2c(Cc3ccccc3Nc3c(Cl)cccc3Cl)nc3ccc(Br)cc3c2=O)cc1. The normalized spacial score (nSPS) is 11.0. The summed E-state index contributed by atoms with van der Waals surface area (Å²) in [7, 11) is 0. The number of amides is 1. The van der Waals surface area contributed by atoms with E-state index in [2.05, 4.69) is 31.9 Å². The van der Waals surface area contributed by atoms with E-state index in [0.29, 0.717) is 44.6 Å². The largest absolute Gasteiger partial charge is 0.376 e. The molecular formula is C36H28BrCl2N5O2. The molecule has 1 amide bonds. The van der Waals surface area contributed by atoms with Crippen molar-refractivity contribution >= 4 is 78.7 Å². The number of anilines is 4. The van der Waals surface area contributed by atoms with Crippen LogP contribution in [0.4, 0.5) is 22.7 Å². The number of carbonyl (C=O) groups is 1. The Labute approximate surface area is 284 Å². The molecule has 6 rings (SSSR count). The van der Waals surface area contributed by atoms with Gasteiger partial charge in [0.1, 0.15) is 5.82 Å². The molecule has 230 valence electrons. The van der Waals surface area contributed by atoms with Gasteiger partial charge in [-0.2, -0.15) is 0 Å². The summed E-state index contributed by atoms with van der Waals surface area (Å²) in [5.41, 5.74) is 5.83. The predicted molar refractivity (Wildman–Crippen MR) is 192 cm³/mol. The second-order valence-corrected chi connectivity index (χ2v) is 12.4. The van der Waals surface area contributed by atoms with Gasteiger partial charge in [-0.15, -0.1) is 0 Å². The van der Waals surface area contributed by atoms with Crippen LogP contribution in [0.15, 0.2) is 118 Å². The number of carbonyl (C=O) groups excluding carboxylic acids is 1. The molecule has 0 radical (unpaired) electrons. The van der Waals surface area contributed by atoms with E-state index in [9.17, 15) is 9.59 Å². The average Bonchev–Trinajstić information content (AvgIpc) is 3.05. The van der Waals surface area contributed by atoms with Gasteiger partial charge in [0.25, 0.3) is 5.56 Å². The number of hydrogen-bond donors (Lipinski definition) is 3. The molecule has 46 heavy (non-hydrogen) atoms. The number of hydrogen-bond acceptors (Lipinski definition) is 5. The molecule has 5 aromatic carbocycles. The summed E-state index contributed by atoms with van der Waals surface area (Å²) in [5, 5.41) is 10.9. The monoisotopic (exact) mass is 711 g/mol. The third kappa shape index (κ3) is 6.94. The Bertz CT molecular complexity index is 2110. The number of aromatic nitrogens is 2. The lowest BCUT2D eigenvalue weighted by Crippen LogP contribution is -2.24. The maximum absolute atomic E-state index is 14.0. The van der Waals surface area contributed by atoms with Crippen LogP contribution in [0.25, 0.3) is 16.6 Å². The molecule has 0 saturated heterocycles. The third-order valence-electron chi connectivity index (χ3n) is 7.49. The molecule has 0 spiro atoms. The summed E-state index contributed by atoms with van der Waals surface area (Å²) in [6.45, 7) is 2.03. The first kappa shape index (κ1) is 31.4. The average molecular weight is 713 g/mol. The Morgan fingerprint density at radius 1 is 0.848 bits per heavy atom. The van der Waals surface area contributed by atoms with Gasteiger partial charge in [0.2, 0.25) is 5.91 Å². The van der Waals surface area contributed by atoms with E-state index < -0.39 is 0 Å². The molecule has 0 bridgehead atoms. The molecule has 0 unspecified atom stereocenters. The standard InChI is InChI=1S/C36H28BrCl2N5O2/c1-22-7-2-4-11-30(22)42-34(45)21-40-25-14-16-26(17-15-25)44-33(41-32-18-13-24(37)20-27(32)36(44)46)19-23-8-3-5-12-31(23)43-35-28(38)9-6-10-29(35)39/h2-18,20,40,43H,19,21H2,1H3,(H,42,45). The van der Waals surface area contributed by atoms with Crippen molar-refractivity contribution in [1.82, 2.24) is 9.55 Å². The van der Waals surface area contributed by atoms with Crippen LogP contribution in [-0.2, 0) is 11.2 Å². The Morgan fingerprint density at radius 3 is 2.28 bits per heavy atom. The third-order valence-corrected chi connectivity index (χ3v) is 8.61. The maximum atomic E-state index is 14.0. The van der Waals surface area contributed by atoms with Crippen molar-refractivity contribution in [2.24, 2.45) is 0 Å². The number of nitrogens with one attached hydrogen (secondary N) is 3. The minimum absolute atomic E-state index is 0.0870. The number of aryl methyl sites for hydroxylation is 1. The van der Waals surface area contributed by atoms with E-state index in [1.165, 1.54) is 0 Å². The molecule has 6 aromatic rings. The number of para-hydroxylation sites is 3. The minimum atomic E-state index is -0.195. The van der Waals surface area contributed by atoms with Crippen LogP contribution < -0.4 is 21.5 Å². The second kappa shape index (κ2) is 13.8. The highest BCUT2D eigenvalue weighted by Crippen LogP contribution is 2.34. The van der Waals surface area contributed by atoms with E-state index in [1.807, 2.05) is 91.9 Å². The highest BCUT2D eigenvalue weighted by molar-refractivity contribution is 9.10. The summed E-state index contributed by atoms with van der Waals surface area (Å²) in [6.07, 6.45) is 0.339. The first-order valence-electron chi connectivity index (χ1n) is 14.5. The van der Waals surface area contributed by atoms with Crippen LogP contribution >= 0.6 is 39.1 Å². The van der Waals surface area contributed by atoms with Crippen molar-refractivity contribution in [2.45, 2.75) is 13.3 Å². The van der Waals surface area contributed by atoms with Crippen LogP contribution in [0, 0.1) is 6.92 Å². The highest BCUT2D eigenvalue weighted by Gasteiger charge is 2.17. The zero-order valence-corrected chi connectivity index (χ0v) is 27.7. The Balaban J connectivity index is 1.31. The van der Waals surface area contributed by atoms with Crippen molar-refractivity contribution in [2.75, 3.05) is 22.5 Å². The Hall–Kier alpha value is -4.63. The summed E-state index contributed by atoms with van der Waals surface area (Å²) in [4.78, 5) is 31.6. The van der Waals surface area contributed by atoms with Crippen LogP contribution in [0.3, 0.4) is 0 Å². The molecule has 0 fully saturated rings. The number of fused-ring (bicyclic) bond motifs is 1. The van der Waals surface area contributed by atoms with Crippen molar-refractivity contribution in [3.63, 3.8) is 0 Å². The van der Waals surface area contributed by atoms with Gasteiger partial charge in [0, 0.05) is 28.0 Å². The van der Waals surface area contributed by atoms with Gasteiger partial charge in [-0.05, 0) is 84.8 Å². The lowest BCUT2D eigenvalue weighted by atomic mass is 10.1. The van der Waals surface area contributed by atoms with Gasteiger partial charge >= 0.3 is 0 Å². The summed E-state index contributed by atoms with van der Waals surface area (Å²) >= 11 is 16.4. The number of rotatable bonds is 9. The van der Waals surface area contributed by atoms with Crippen molar-refractivity contribution in [1.29, 1.82) is 0 Å². The first-order valence-corrected chi connectivity index (χ1v) is 16.0. The minimum Gasteiger partial charge on any atom is -0.376 e. The molecular weight excluding hydrogens is 685 g/mol. The predicted octanol–water partition coefficient (Wildman–Crippen LogP) is 9.15. The molecule has 1 aromatic heterocycles. The number of benzene rings is 5. The fourth-order valence-electron chi connectivity index (χ4n) is 5.13. The molecule has 0 aliphatic heterocycles. The maximum Gasteiger partial charge on any atom is 0.266 e. The summed E-state index contributed by atoms with van der Waals surface area (Å²) in [5.74, 6) is 0.393. The smallest absolute Gasteiger partial charge is 0.266 e. The van der Waals surface area contributed by atoms with Crippen LogP contribution in [-0.4, -0.2) is 22.0 Å². The van der Waals surface area contributed by atoms with Crippen LogP contribution in [0.5, 0.6) is 0 Å². The molecule has 7 nitrogen and oxygen atoms in total. The van der Waals surface area contributed by atoms with Crippen LogP contribution in [0.1, 0.15) is 17.0 Å². The van der Waals surface area contributed by atoms with Gasteiger partial charge in [-0.1, -0.05) is 81.6 Å². The van der Waals surface area contributed by atoms with Gasteiger partial charge < -0.3 is 16.0 Å². The Kier molecular flexibility index (Phi) is 9.40. The summed E-state index contributed by atoms with van der Waals surface area (Å²) < 4.78 is 2.41. The molecule has 3 N–H and O–H groups in total. The molecule has 0 atom stereocenters. The molecule has 10 heteroatoms.